The van der Waals surface area contributed by atoms with Crippen molar-refractivity contribution in [2.75, 3.05) is 13.2 Å². The molecule has 3 heterocycles. The molecular formula is C14H23NO10. The summed E-state index contributed by atoms with van der Waals surface area (Å²) < 4.78 is 21.6. The molecule has 0 aromatic heterocycles. The molecule has 6 N–H and O–H groups in total. The second-order valence-corrected chi connectivity index (χ2v) is 6.27. The Labute approximate surface area is 143 Å². The van der Waals surface area contributed by atoms with Crippen LogP contribution in [0, 0.1) is 0 Å². The molecule has 0 saturated carbocycles. The lowest BCUT2D eigenvalue weighted by Gasteiger charge is -2.44. The van der Waals surface area contributed by atoms with Gasteiger partial charge in [-0.2, -0.15) is 0 Å². The molecular weight excluding hydrogens is 342 g/mol. The third kappa shape index (κ3) is 3.39. The average molecular weight is 365 g/mol. The van der Waals surface area contributed by atoms with Gasteiger partial charge in [-0.25, -0.2) is 4.99 Å². The molecule has 2 saturated heterocycles. The van der Waals surface area contributed by atoms with Gasteiger partial charge in [0.2, 0.25) is 6.29 Å². The van der Waals surface area contributed by atoms with Crippen molar-refractivity contribution >= 4 is 5.90 Å². The van der Waals surface area contributed by atoms with E-state index in [4.69, 9.17) is 18.9 Å². The quantitative estimate of drug-likeness (QED) is 0.289. The lowest BCUT2D eigenvalue weighted by molar-refractivity contribution is -0.341. The van der Waals surface area contributed by atoms with Gasteiger partial charge in [-0.1, -0.05) is 0 Å². The number of aliphatic hydroxyl groups excluding tert-OH is 6. The highest BCUT2D eigenvalue weighted by atomic mass is 16.7. The van der Waals surface area contributed by atoms with E-state index in [1.807, 2.05) is 0 Å². The van der Waals surface area contributed by atoms with Crippen LogP contribution in [0.1, 0.15) is 6.92 Å². The van der Waals surface area contributed by atoms with Gasteiger partial charge in [-0.15, -0.1) is 0 Å². The lowest BCUT2D eigenvalue weighted by atomic mass is 9.96. The number of ether oxygens (including phenoxy) is 4. The molecule has 0 spiro atoms. The molecule has 0 aromatic rings. The van der Waals surface area contributed by atoms with E-state index >= 15 is 0 Å². The Morgan fingerprint density at radius 1 is 0.920 bits per heavy atom. The van der Waals surface area contributed by atoms with Gasteiger partial charge in [0.05, 0.1) is 13.2 Å². The van der Waals surface area contributed by atoms with Crippen molar-refractivity contribution in [1.29, 1.82) is 0 Å². The van der Waals surface area contributed by atoms with Crippen molar-refractivity contribution < 1.29 is 49.6 Å². The highest BCUT2D eigenvalue weighted by Gasteiger charge is 2.52. The molecule has 3 rings (SSSR count). The van der Waals surface area contributed by atoms with Gasteiger partial charge >= 0.3 is 0 Å². The van der Waals surface area contributed by atoms with Gasteiger partial charge in [0.15, 0.2) is 12.2 Å². The van der Waals surface area contributed by atoms with E-state index in [-0.39, 0.29) is 0 Å². The molecule has 0 amide bonds. The van der Waals surface area contributed by atoms with Crippen molar-refractivity contribution in [3.8, 4) is 0 Å². The molecule has 6 unspecified atom stereocenters. The van der Waals surface area contributed by atoms with E-state index in [9.17, 15) is 30.6 Å². The van der Waals surface area contributed by atoms with Gasteiger partial charge in [-0.3, -0.25) is 0 Å². The maximum Gasteiger partial charge on any atom is 0.227 e. The zero-order valence-electron chi connectivity index (χ0n) is 13.5. The molecule has 10 atom stereocenters. The van der Waals surface area contributed by atoms with Gasteiger partial charge in [0, 0.05) is 6.92 Å². The van der Waals surface area contributed by atoms with Crippen LogP contribution in [0.2, 0.25) is 0 Å². The smallest absolute Gasteiger partial charge is 0.227 e. The van der Waals surface area contributed by atoms with Gasteiger partial charge in [0.25, 0.3) is 0 Å². The van der Waals surface area contributed by atoms with Crippen molar-refractivity contribution in [2.45, 2.75) is 68.3 Å². The standard InChI is InChI=1S/C14H23NO10/c1-4-15-7-9(19)12(6(3-17)24-13(7)22-4)25-14-11(21)10(20)8(18)5(2-16)23-14/h5-14,16-21H,2-3H2,1H3/t5?,6?,7?,8-,9?,10+,11?,12-,13?,14+/m1/s1. The zero-order valence-corrected chi connectivity index (χ0v) is 13.5. The number of rotatable bonds is 4. The van der Waals surface area contributed by atoms with Crippen molar-refractivity contribution in [1.82, 2.24) is 0 Å². The monoisotopic (exact) mass is 365 g/mol. The fourth-order valence-electron chi connectivity index (χ4n) is 3.20. The number of hydrogen-bond acceptors (Lipinski definition) is 11. The maximum atomic E-state index is 10.5. The Hall–Kier alpha value is -0.890. The summed E-state index contributed by atoms with van der Waals surface area (Å²) in [6, 6.07) is -0.780. The Morgan fingerprint density at radius 3 is 2.24 bits per heavy atom. The van der Waals surface area contributed by atoms with Gasteiger partial charge in [0.1, 0.15) is 48.8 Å². The fourth-order valence-corrected chi connectivity index (χ4v) is 3.20. The minimum atomic E-state index is -1.63. The third-order valence-electron chi connectivity index (χ3n) is 4.58. The average Bonchev–Trinajstić information content (AvgIpc) is 2.97. The van der Waals surface area contributed by atoms with Crippen LogP contribution < -0.4 is 0 Å². The van der Waals surface area contributed by atoms with Crippen molar-refractivity contribution in [3.05, 3.63) is 0 Å². The highest BCUT2D eigenvalue weighted by molar-refractivity contribution is 5.75. The summed E-state index contributed by atoms with van der Waals surface area (Å²) in [6.07, 6.45) is -11.6. The summed E-state index contributed by atoms with van der Waals surface area (Å²) >= 11 is 0. The summed E-state index contributed by atoms with van der Waals surface area (Å²) in [7, 11) is 0. The molecule has 3 aliphatic heterocycles. The largest absolute Gasteiger partial charge is 0.450 e. The van der Waals surface area contributed by atoms with E-state index in [2.05, 4.69) is 4.99 Å². The van der Waals surface area contributed by atoms with Gasteiger partial charge in [-0.05, 0) is 0 Å². The molecule has 3 aliphatic rings. The second kappa shape index (κ2) is 7.39. The van der Waals surface area contributed by atoms with Crippen molar-refractivity contribution in [3.63, 3.8) is 0 Å². The first-order valence-electron chi connectivity index (χ1n) is 7.98. The fraction of sp³-hybridized carbons (Fsp3) is 0.929. The van der Waals surface area contributed by atoms with Crippen LogP contribution >= 0.6 is 0 Å². The van der Waals surface area contributed by atoms with Crippen LogP contribution in [0.5, 0.6) is 0 Å². The minimum Gasteiger partial charge on any atom is -0.450 e. The summed E-state index contributed by atoms with van der Waals surface area (Å²) in [5, 5.41) is 58.9. The molecule has 11 heteroatoms. The molecule has 0 bridgehead atoms. The normalized spacial score (nSPS) is 50.1. The Balaban J connectivity index is 1.75. The predicted octanol–water partition coefficient (Wildman–Crippen LogP) is -3.93. The number of nitrogens with zero attached hydrogens (tertiary/aromatic N) is 1. The Bertz CT molecular complexity index is 502. The zero-order chi connectivity index (χ0) is 18.3. The lowest BCUT2D eigenvalue weighted by Crippen LogP contribution is -2.63. The van der Waals surface area contributed by atoms with E-state index in [1.165, 1.54) is 0 Å². The van der Waals surface area contributed by atoms with Crippen LogP contribution in [-0.2, 0) is 18.9 Å². The first-order chi connectivity index (χ1) is 11.9. The summed E-state index contributed by atoms with van der Waals surface area (Å²) in [5.74, 6) is 0.319. The second-order valence-electron chi connectivity index (χ2n) is 6.27. The van der Waals surface area contributed by atoms with Crippen molar-refractivity contribution in [2.24, 2.45) is 4.99 Å². The number of fused-ring (bicyclic) bond motifs is 1. The molecule has 144 valence electrons. The SMILES string of the molecule is CC1=NC2C(O1)OC(CO)[C@@H](O[C@@H]1OC(CO)[C@@H](O)[C@H](O)C1O)C2O. The maximum absolute atomic E-state index is 10.5. The Kier molecular flexibility index (Phi) is 5.58. The summed E-state index contributed by atoms with van der Waals surface area (Å²) in [4.78, 5) is 4.11. The molecule has 0 radical (unpaired) electrons. The first kappa shape index (κ1) is 18.9. The number of hydrogen-bond donors (Lipinski definition) is 6. The van der Waals surface area contributed by atoms with E-state index in [1.54, 1.807) is 6.92 Å². The molecule has 0 aliphatic carbocycles. The summed E-state index contributed by atoms with van der Waals surface area (Å²) in [5.41, 5.74) is 0. The molecule has 2 fully saturated rings. The Morgan fingerprint density at radius 2 is 1.60 bits per heavy atom. The van der Waals surface area contributed by atoms with Crippen LogP contribution in [0.4, 0.5) is 0 Å². The third-order valence-corrected chi connectivity index (χ3v) is 4.58. The predicted molar refractivity (Wildman–Crippen MR) is 78.4 cm³/mol. The first-order valence-corrected chi connectivity index (χ1v) is 7.98. The highest BCUT2D eigenvalue weighted by Crippen LogP contribution is 2.32. The minimum absolute atomic E-state index is 0.319. The van der Waals surface area contributed by atoms with E-state index in [0.717, 1.165) is 0 Å². The summed E-state index contributed by atoms with van der Waals surface area (Å²) in [6.45, 7) is 0.473. The van der Waals surface area contributed by atoms with E-state index < -0.39 is 74.6 Å². The van der Waals surface area contributed by atoms with Crippen LogP contribution in [-0.4, -0.2) is 111 Å². The van der Waals surface area contributed by atoms with Gasteiger partial charge < -0.3 is 49.6 Å². The van der Waals surface area contributed by atoms with Crippen LogP contribution in [0.3, 0.4) is 0 Å². The topological polar surface area (TPSA) is 171 Å². The molecule has 25 heavy (non-hydrogen) atoms. The number of aliphatic imine (C=N–C) groups is 1. The van der Waals surface area contributed by atoms with Crippen LogP contribution in [0.25, 0.3) is 0 Å². The molecule has 0 aromatic carbocycles. The van der Waals surface area contributed by atoms with E-state index in [0.29, 0.717) is 5.90 Å². The molecule has 11 nitrogen and oxygen atoms in total. The van der Waals surface area contributed by atoms with Crippen LogP contribution in [0.15, 0.2) is 4.99 Å². The number of aliphatic hydroxyl groups is 6.